The first-order valence-electron chi connectivity index (χ1n) is 17.4. The Bertz CT molecular complexity index is 2430. The molecule has 0 radical (unpaired) electrons. The molecular weight excluding hydrogens is 673 g/mol. The molecule has 3 heteroatoms. The summed E-state index contributed by atoms with van der Waals surface area (Å²) in [5, 5.41) is 0. The van der Waals surface area contributed by atoms with Crippen molar-refractivity contribution in [3.8, 4) is 65.4 Å². The van der Waals surface area contributed by atoms with Crippen molar-refractivity contribution in [2.24, 2.45) is 0 Å². The number of hydrogen-bond acceptors (Lipinski definition) is 3. The molecule has 6 aromatic carbocycles. The van der Waals surface area contributed by atoms with E-state index in [4.69, 9.17) is 0 Å². The van der Waals surface area contributed by atoms with Crippen molar-refractivity contribution in [3.63, 3.8) is 0 Å². The Labute approximate surface area is 312 Å². The fraction of sp³-hybridized carbons (Fsp3) is 0.0833. The zero-order valence-corrected chi connectivity index (χ0v) is 31.5. The Morgan fingerprint density at radius 1 is 0.294 bits per heavy atom. The standard InChI is InChI=1S/C48H36S3/c1-29-15-5-9-19-33(29)37-23-13-24-38(34-20-10-6-16-30(34)2)45(37)41-27-43-47(50-41)48-44(49-43)28-42(51-48)46-39(35-21-11-7-17-31(35)3)25-14-26-40(46)36-22-12-8-18-32(36)4/h5-28H,1-4H3. The van der Waals surface area contributed by atoms with Crippen molar-refractivity contribution in [3.05, 3.63) is 168 Å². The molecule has 0 aliphatic heterocycles. The average Bonchev–Trinajstić information content (AvgIpc) is 3.83. The normalized spacial score (nSPS) is 11.5. The minimum Gasteiger partial charge on any atom is -0.133 e. The van der Waals surface area contributed by atoms with E-state index in [2.05, 4.69) is 173 Å². The van der Waals surface area contributed by atoms with Gasteiger partial charge in [-0.25, -0.2) is 0 Å². The van der Waals surface area contributed by atoms with E-state index in [1.807, 2.05) is 34.0 Å². The molecular formula is C48H36S3. The zero-order chi connectivity index (χ0) is 34.6. The molecule has 0 aliphatic rings. The second kappa shape index (κ2) is 12.9. The van der Waals surface area contributed by atoms with Crippen molar-refractivity contribution >= 4 is 52.8 Å². The van der Waals surface area contributed by atoms with Crippen molar-refractivity contribution in [2.75, 3.05) is 0 Å². The Kier molecular flexibility index (Phi) is 8.08. The highest BCUT2D eigenvalue weighted by atomic mass is 32.1. The molecule has 3 aromatic heterocycles. The van der Waals surface area contributed by atoms with Gasteiger partial charge in [-0.05, 0) is 107 Å². The molecule has 0 nitrogen and oxygen atoms in total. The van der Waals surface area contributed by atoms with Crippen LogP contribution < -0.4 is 0 Å². The van der Waals surface area contributed by atoms with E-state index in [0.717, 1.165) is 0 Å². The van der Waals surface area contributed by atoms with Gasteiger partial charge in [0.25, 0.3) is 0 Å². The lowest BCUT2D eigenvalue weighted by atomic mass is 9.88. The zero-order valence-electron chi connectivity index (χ0n) is 29.1. The Balaban J connectivity index is 1.27. The molecule has 3 heterocycles. The van der Waals surface area contributed by atoms with Gasteiger partial charge in [-0.15, -0.1) is 34.0 Å². The molecule has 0 aliphatic carbocycles. The average molecular weight is 709 g/mol. The number of benzene rings is 6. The van der Waals surface area contributed by atoms with Gasteiger partial charge in [-0.3, -0.25) is 0 Å². The largest absolute Gasteiger partial charge is 0.133 e. The highest BCUT2D eigenvalue weighted by Crippen LogP contribution is 2.53. The second-order valence-corrected chi connectivity index (χ2v) is 16.6. The maximum Gasteiger partial charge on any atom is 0.0636 e. The predicted molar refractivity (Wildman–Crippen MR) is 227 cm³/mol. The van der Waals surface area contributed by atoms with Crippen molar-refractivity contribution in [1.29, 1.82) is 0 Å². The fourth-order valence-corrected chi connectivity index (χ4v) is 11.8. The smallest absolute Gasteiger partial charge is 0.0636 e. The summed E-state index contributed by atoms with van der Waals surface area (Å²) in [7, 11) is 0. The summed E-state index contributed by atoms with van der Waals surface area (Å²) < 4.78 is 5.51. The first-order valence-corrected chi connectivity index (χ1v) is 19.9. The molecule has 0 amide bonds. The summed E-state index contributed by atoms with van der Waals surface area (Å²) in [6, 6.07) is 53.8. The van der Waals surface area contributed by atoms with E-state index in [9.17, 15) is 0 Å². The topological polar surface area (TPSA) is 0 Å². The van der Waals surface area contributed by atoms with Gasteiger partial charge < -0.3 is 0 Å². The van der Waals surface area contributed by atoms with Crippen LogP contribution in [-0.4, -0.2) is 0 Å². The van der Waals surface area contributed by atoms with Gasteiger partial charge in [-0.2, -0.15) is 0 Å². The van der Waals surface area contributed by atoms with Crippen molar-refractivity contribution < 1.29 is 0 Å². The van der Waals surface area contributed by atoms with Gasteiger partial charge in [0.2, 0.25) is 0 Å². The van der Waals surface area contributed by atoms with Crippen LogP contribution in [0.2, 0.25) is 0 Å². The highest BCUT2D eigenvalue weighted by Gasteiger charge is 2.23. The second-order valence-electron chi connectivity index (χ2n) is 13.4. The first kappa shape index (κ1) is 31.9. The summed E-state index contributed by atoms with van der Waals surface area (Å²) >= 11 is 5.84. The number of fused-ring (bicyclic) bond motifs is 3. The molecule has 0 saturated heterocycles. The third-order valence-electron chi connectivity index (χ3n) is 10.2. The quantitative estimate of drug-likeness (QED) is 0.161. The summed E-state index contributed by atoms with van der Waals surface area (Å²) in [5.74, 6) is 0. The van der Waals surface area contributed by atoms with Crippen molar-refractivity contribution in [2.45, 2.75) is 27.7 Å². The monoisotopic (exact) mass is 708 g/mol. The van der Waals surface area contributed by atoms with Crippen LogP contribution in [0.1, 0.15) is 22.3 Å². The molecule has 0 unspecified atom stereocenters. The predicted octanol–water partition coefficient (Wildman–Crippen LogP) is 15.4. The van der Waals surface area contributed by atoms with Crippen LogP contribution in [0.3, 0.4) is 0 Å². The van der Waals surface area contributed by atoms with Crippen molar-refractivity contribution in [1.82, 2.24) is 0 Å². The van der Waals surface area contributed by atoms with Crippen LogP contribution in [0, 0.1) is 27.7 Å². The van der Waals surface area contributed by atoms with Crippen LogP contribution in [0.25, 0.3) is 84.2 Å². The maximum atomic E-state index is 2.45. The minimum absolute atomic E-state index is 1.29. The van der Waals surface area contributed by atoms with Gasteiger partial charge in [0.05, 0.1) is 9.40 Å². The Hall–Kier alpha value is -5.06. The van der Waals surface area contributed by atoms with Crippen LogP contribution in [-0.2, 0) is 0 Å². The number of aryl methyl sites for hydroxylation is 4. The molecule has 9 aromatic rings. The number of hydrogen-bond donors (Lipinski definition) is 0. The van der Waals surface area contributed by atoms with E-state index < -0.39 is 0 Å². The third-order valence-corrected chi connectivity index (χ3v) is 14.0. The van der Waals surface area contributed by atoms with Gasteiger partial charge in [0.15, 0.2) is 0 Å². The Morgan fingerprint density at radius 2 is 0.569 bits per heavy atom. The van der Waals surface area contributed by atoms with E-state index >= 15 is 0 Å². The summed E-state index contributed by atoms with van der Waals surface area (Å²) in [6.07, 6.45) is 0. The lowest BCUT2D eigenvalue weighted by Gasteiger charge is -2.17. The summed E-state index contributed by atoms with van der Waals surface area (Å²) in [4.78, 5) is 2.65. The van der Waals surface area contributed by atoms with E-state index in [0.29, 0.717) is 0 Å². The van der Waals surface area contributed by atoms with E-state index in [-0.39, 0.29) is 0 Å². The third kappa shape index (κ3) is 5.48. The molecule has 246 valence electrons. The SMILES string of the molecule is Cc1ccccc1-c1cccc(-c2ccccc2C)c1-c1cc2sc3cc(-c4c(-c5ccccc5C)cccc4-c4ccccc4C)sc3c2s1. The van der Waals surface area contributed by atoms with Crippen LogP contribution in [0.4, 0.5) is 0 Å². The molecule has 51 heavy (non-hydrogen) atoms. The first-order chi connectivity index (χ1) is 25.0. The maximum absolute atomic E-state index is 2.45. The van der Waals surface area contributed by atoms with Gasteiger partial charge in [0, 0.05) is 30.3 Å². The molecule has 0 fully saturated rings. The molecule has 0 saturated carbocycles. The van der Waals surface area contributed by atoms with E-state index in [1.54, 1.807) is 0 Å². The Morgan fingerprint density at radius 3 is 0.863 bits per heavy atom. The minimum atomic E-state index is 1.29. The summed E-state index contributed by atoms with van der Waals surface area (Å²) in [5.41, 5.74) is 18.2. The molecule has 0 N–H and O–H groups in total. The molecule has 0 bridgehead atoms. The van der Waals surface area contributed by atoms with Crippen LogP contribution in [0.15, 0.2) is 146 Å². The molecule has 9 rings (SSSR count). The van der Waals surface area contributed by atoms with Gasteiger partial charge in [0.1, 0.15) is 0 Å². The lowest BCUT2D eigenvalue weighted by molar-refractivity contribution is 1.44. The number of thiophene rings is 3. The molecule has 0 spiro atoms. The van der Waals surface area contributed by atoms with Gasteiger partial charge >= 0.3 is 0 Å². The lowest BCUT2D eigenvalue weighted by Crippen LogP contribution is -1.92. The number of rotatable bonds is 6. The van der Waals surface area contributed by atoms with Crippen LogP contribution >= 0.6 is 34.0 Å². The summed E-state index contributed by atoms with van der Waals surface area (Å²) in [6.45, 7) is 8.90. The van der Waals surface area contributed by atoms with E-state index in [1.165, 1.54) is 106 Å². The van der Waals surface area contributed by atoms with Crippen LogP contribution in [0.5, 0.6) is 0 Å². The highest BCUT2D eigenvalue weighted by molar-refractivity contribution is 7.40. The van der Waals surface area contributed by atoms with Gasteiger partial charge in [-0.1, -0.05) is 133 Å². The fourth-order valence-electron chi connectivity index (χ4n) is 7.62. The molecule has 0 atom stereocenters.